The first-order valence-corrected chi connectivity index (χ1v) is 4.93. The van der Waals surface area contributed by atoms with Gasteiger partial charge in [-0.15, -0.1) is 0 Å². The van der Waals surface area contributed by atoms with E-state index in [1.165, 1.54) is 12.3 Å². The number of aromatic nitrogens is 1. The third-order valence-corrected chi connectivity index (χ3v) is 2.11. The molecule has 0 saturated heterocycles. The number of ether oxygens (including phenoxy) is 1. The van der Waals surface area contributed by atoms with Crippen LogP contribution in [-0.2, 0) is 4.74 Å². The van der Waals surface area contributed by atoms with Crippen LogP contribution in [0.4, 0.5) is 22.0 Å². The molecule has 0 aliphatic heterocycles. The SMILES string of the molecule is NC(COCC(F)(F)C(F)F)c1ccncc1F. The summed E-state index contributed by atoms with van der Waals surface area (Å²) >= 11 is 0. The molecule has 0 amide bonds. The standard InChI is InChI=1S/C10H11F5N2O/c11-7-3-17-2-1-6(7)8(16)4-18-5-10(14,15)9(12)13/h1-3,8-9H,4-5,16H2. The van der Waals surface area contributed by atoms with Crippen molar-refractivity contribution >= 4 is 0 Å². The molecule has 1 rings (SSSR count). The van der Waals surface area contributed by atoms with Gasteiger partial charge in [-0.25, -0.2) is 13.2 Å². The van der Waals surface area contributed by atoms with E-state index in [9.17, 15) is 22.0 Å². The molecular weight excluding hydrogens is 259 g/mol. The van der Waals surface area contributed by atoms with E-state index in [-0.39, 0.29) is 5.56 Å². The van der Waals surface area contributed by atoms with E-state index >= 15 is 0 Å². The second-order valence-electron chi connectivity index (χ2n) is 3.58. The lowest BCUT2D eigenvalue weighted by atomic mass is 10.1. The zero-order valence-corrected chi connectivity index (χ0v) is 9.12. The molecule has 0 spiro atoms. The summed E-state index contributed by atoms with van der Waals surface area (Å²) in [5, 5.41) is 0. The summed E-state index contributed by atoms with van der Waals surface area (Å²) in [5.41, 5.74) is 5.49. The fourth-order valence-corrected chi connectivity index (χ4v) is 1.16. The third-order valence-electron chi connectivity index (χ3n) is 2.11. The Kier molecular flexibility index (Phi) is 4.97. The molecule has 18 heavy (non-hydrogen) atoms. The van der Waals surface area contributed by atoms with Crippen molar-refractivity contribution in [1.82, 2.24) is 4.98 Å². The van der Waals surface area contributed by atoms with Crippen LogP contribution in [0.5, 0.6) is 0 Å². The van der Waals surface area contributed by atoms with Gasteiger partial charge in [-0.1, -0.05) is 0 Å². The van der Waals surface area contributed by atoms with Crippen molar-refractivity contribution in [2.45, 2.75) is 18.4 Å². The highest BCUT2D eigenvalue weighted by Crippen LogP contribution is 2.23. The number of pyridine rings is 1. The number of hydrogen-bond donors (Lipinski definition) is 1. The summed E-state index contributed by atoms with van der Waals surface area (Å²) in [6.45, 7) is -1.96. The second kappa shape index (κ2) is 6.05. The zero-order valence-electron chi connectivity index (χ0n) is 9.12. The predicted octanol–water partition coefficient (Wildman–Crippen LogP) is 2.14. The molecule has 0 aromatic carbocycles. The van der Waals surface area contributed by atoms with Gasteiger partial charge in [0.1, 0.15) is 12.4 Å². The third kappa shape index (κ3) is 3.88. The van der Waals surface area contributed by atoms with Gasteiger partial charge >= 0.3 is 12.3 Å². The molecule has 0 bridgehead atoms. The van der Waals surface area contributed by atoms with Gasteiger partial charge in [0, 0.05) is 11.8 Å². The Balaban J connectivity index is 2.48. The van der Waals surface area contributed by atoms with Gasteiger partial charge in [-0.05, 0) is 6.07 Å². The summed E-state index contributed by atoms with van der Waals surface area (Å²) < 4.78 is 66.1. The van der Waals surface area contributed by atoms with Gasteiger partial charge < -0.3 is 10.5 Å². The highest BCUT2D eigenvalue weighted by atomic mass is 19.3. The smallest absolute Gasteiger partial charge is 0.330 e. The summed E-state index contributed by atoms with van der Waals surface area (Å²) in [6, 6.07) is 0.232. The number of alkyl halides is 4. The Morgan fingerprint density at radius 3 is 2.61 bits per heavy atom. The number of hydrogen-bond acceptors (Lipinski definition) is 3. The van der Waals surface area contributed by atoms with Crippen LogP contribution in [0.1, 0.15) is 11.6 Å². The number of nitrogens with two attached hydrogens (primary N) is 1. The van der Waals surface area contributed by atoms with Crippen molar-refractivity contribution in [2.24, 2.45) is 5.73 Å². The van der Waals surface area contributed by atoms with Crippen molar-refractivity contribution in [3.05, 3.63) is 29.8 Å². The zero-order chi connectivity index (χ0) is 13.8. The first kappa shape index (κ1) is 14.8. The second-order valence-corrected chi connectivity index (χ2v) is 3.58. The lowest BCUT2D eigenvalue weighted by Gasteiger charge is -2.17. The first-order chi connectivity index (χ1) is 8.34. The van der Waals surface area contributed by atoms with Gasteiger partial charge in [-0.2, -0.15) is 8.78 Å². The van der Waals surface area contributed by atoms with Crippen molar-refractivity contribution in [3.8, 4) is 0 Å². The molecule has 102 valence electrons. The maximum absolute atomic E-state index is 13.2. The van der Waals surface area contributed by atoms with E-state index in [1.807, 2.05) is 0 Å². The molecule has 0 fully saturated rings. The van der Waals surface area contributed by atoms with Crippen LogP contribution in [0.3, 0.4) is 0 Å². The summed E-state index contributed by atoms with van der Waals surface area (Å²) in [5.74, 6) is -4.95. The van der Waals surface area contributed by atoms with Crippen LogP contribution < -0.4 is 5.73 Å². The summed E-state index contributed by atoms with van der Waals surface area (Å²) in [4.78, 5) is 3.48. The Hall–Kier alpha value is -1.28. The molecule has 0 radical (unpaired) electrons. The maximum atomic E-state index is 13.2. The Bertz CT molecular complexity index is 388. The molecule has 0 aliphatic rings. The Morgan fingerprint density at radius 2 is 2.06 bits per heavy atom. The van der Waals surface area contributed by atoms with E-state index in [4.69, 9.17) is 5.73 Å². The fourth-order valence-electron chi connectivity index (χ4n) is 1.16. The van der Waals surface area contributed by atoms with Crippen LogP contribution >= 0.6 is 0 Å². The molecule has 1 heterocycles. The molecule has 1 aromatic rings. The van der Waals surface area contributed by atoms with Crippen molar-refractivity contribution in [1.29, 1.82) is 0 Å². The van der Waals surface area contributed by atoms with Gasteiger partial charge in [0.15, 0.2) is 0 Å². The predicted molar refractivity (Wildman–Crippen MR) is 52.9 cm³/mol. The van der Waals surface area contributed by atoms with Crippen LogP contribution in [0.15, 0.2) is 18.5 Å². The summed E-state index contributed by atoms with van der Waals surface area (Å²) in [7, 11) is 0. The number of rotatable bonds is 6. The molecule has 1 aromatic heterocycles. The minimum atomic E-state index is -4.24. The van der Waals surface area contributed by atoms with Crippen molar-refractivity contribution < 1.29 is 26.7 Å². The van der Waals surface area contributed by atoms with Crippen LogP contribution in [0, 0.1) is 5.82 Å². The number of halogens is 5. The van der Waals surface area contributed by atoms with E-state index < -0.39 is 37.4 Å². The van der Waals surface area contributed by atoms with E-state index in [0.717, 1.165) is 6.20 Å². The molecule has 2 N–H and O–H groups in total. The van der Waals surface area contributed by atoms with E-state index in [0.29, 0.717) is 0 Å². The first-order valence-electron chi connectivity index (χ1n) is 4.93. The van der Waals surface area contributed by atoms with Crippen LogP contribution in [0.25, 0.3) is 0 Å². The average molecular weight is 270 g/mol. The normalized spacial score (nSPS) is 13.9. The minimum absolute atomic E-state index is 0.0189. The topological polar surface area (TPSA) is 48.1 Å². The number of nitrogens with zero attached hydrogens (tertiary/aromatic N) is 1. The molecule has 3 nitrogen and oxygen atoms in total. The highest BCUT2D eigenvalue weighted by molar-refractivity contribution is 5.16. The Labute approximate surface area is 99.8 Å². The molecule has 0 aliphatic carbocycles. The van der Waals surface area contributed by atoms with E-state index in [2.05, 4.69) is 9.72 Å². The van der Waals surface area contributed by atoms with Gasteiger partial charge in [0.25, 0.3) is 0 Å². The quantitative estimate of drug-likeness (QED) is 0.806. The lowest BCUT2D eigenvalue weighted by molar-refractivity contribution is -0.166. The lowest BCUT2D eigenvalue weighted by Crippen LogP contribution is -2.33. The highest BCUT2D eigenvalue weighted by Gasteiger charge is 2.41. The maximum Gasteiger partial charge on any atom is 0.330 e. The van der Waals surface area contributed by atoms with Crippen LogP contribution in [0.2, 0.25) is 0 Å². The molecule has 0 saturated carbocycles. The molecule has 8 heteroatoms. The molecular formula is C10H11F5N2O. The minimum Gasteiger partial charge on any atom is -0.373 e. The van der Waals surface area contributed by atoms with Gasteiger partial charge in [0.2, 0.25) is 0 Å². The molecule has 1 unspecified atom stereocenters. The van der Waals surface area contributed by atoms with Gasteiger partial charge in [-0.3, -0.25) is 4.98 Å². The van der Waals surface area contributed by atoms with Crippen molar-refractivity contribution in [2.75, 3.05) is 13.2 Å². The molecule has 1 atom stereocenters. The summed E-state index contributed by atoms with van der Waals surface area (Å²) in [6.07, 6.45) is -1.64. The van der Waals surface area contributed by atoms with E-state index in [1.54, 1.807) is 0 Å². The monoisotopic (exact) mass is 270 g/mol. The van der Waals surface area contributed by atoms with Crippen molar-refractivity contribution in [3.63, 3.8) is 0 Å². The van der Waals surface area contributed by atoms with Crippen LogP contribution in [-0.4, -0.2) is 30.5 Å². The largest absolute Gasteiger partial charge is 0.373 e. The Morgan fingerprint density at radius 1 is 1.39 bits per heavy atom. The van der Waals surface area contributed by atoms with Gasteiger partial charge in [0.05, 0.1) is 18.8 Å². The average Bonchev–Trinajstić information content (AvgIpc) is 2.29. The fraction of sp³-hybridized carbons (Fsp3) is 0.500.